The molecule has 0 aliphatic carbocycles. The molecular weight excluding hydrogens is 213 g/mol. The van der Waals surface area contributed by atoms with Crippen LogP contribution in [0.3, 0.4) is 0 Å². The summed E-state index contributed by atoms with van der Waals surface area (Å²) in [6, 6.07) is 4.23. The van der Waals surface area contributed by atoms with Crippen molar-refractivity contribution in [3.8, 4) is 0 Å². The topological polar surface area (TPSA) is 57.6 Å². The maximum atomic E-state index is 13.0. The fourth-order valence-corrected chi connectivity index (χ4v) is 1.84. The van der Waals surface area contributed by atoms with Gasteiger partial charge in [-0.2, -0.15) is 0 Å². The predicted molar refractivity (Wildman–Crippen MR) is 54.7 cm³/mol. The Morgan fingerprint density at radius 3 is 2.88 bits per heavy atom. The molecule has 1 aromatic carbocycles. The molecule has 0 radical (unpaired) electrons. The fraction of sp³-hybridized carbons (Fsp3) is 0.273. The van der Waals surface area contributed by atoms with E-state index in [0.29, 0.717) is 18.7 Å². The van der Waals surface area contributed by atoms with Crippen molar-refractivity contribution in [1.82, 2.24) is 0 Å². The van der Waals surface area contributed by atoms with Gasteiger partial charge in [-0.1, -0.05) is 6.07 Å². The second-order valence-corrected chi connectivity index (χ2v) is 3.64. The van der Waals surface area contributed by atoms with E-state index >= 15 is 0 Å². The third-order valence-corrected chi connectivity index (χ3v) is 2.55. The molecule has 0 unspecified atom stereocenters. The van der Waals surface area contributed by atoms with Crippen molar-refractivity contribution >= 4 is 17.6 Å². The van der Waals surface area contributed by atoms with E-state index in [1.54, 1.807) is 6.07 Å². The van der Waals surface area contributed by atoms with Crippen LogP contribution in [0.1, 0.15) is 12.0 Å². The van der Waals surface area contributed by atoms with Crippen molar-refractivity contribution in [2.75, 3.05) is 11.4 Å². The molecule has 0 saturated carbocycles. The van der Waals surface area contributed by atoms with E-state index < -0.39 is 24.1 Å². The largest absolute Gasteiger partial charge is 0.481 e. The number of carbonyl (C=O) groups excluding carboxylic acids is 1. The summed E-state index contributed by atoms with van der Waals surface area (Å²) in [4.78, 5) is 23.3. The number of aliphatic carboxylic acids is 1. The minimum atomic E-state index is -1.17. The zero-order valence-electron chi connectivity index (χ0n) is 8.44. The number of carboxylic acids is 1. The van der Waals surface area contributed by atoms with Crippen LogP contribution in [0.4, 0.5) is 10.1 Å². The third-order valence-electron chi connectivity index (χ3n) is 2.55. The van der Waals surface area contributed by atoms with Gasteiger partial charge in [-0.15, -0.1) is 0 Å². The zero-order valence-corrected chi connectivity index (χ0v) is 8.44. The lowest BCUT2D eigenvalue weighted by Gasteiger charge is -2.15. The van der Waals surface area contributed by atoms with Crippen LogP contribution in [0, 0.1) is 5.82 Å². The minimum Gasteiger partial charge on any atom is -0.481 e. The molecule has 1 aliphatic heterocycles. The highest BCUT2D eigenvalue weighted by Gasteiger charge is 2.26. The number of nitrogens with zero attached hydrogens (tertiary/aromatic N) is 1. The van der Waals surface area contributed by atoms with Gasteiger partial charge < -0.3 is 10.0 Å². The molecule has 0 bridgehead atoms. The summed E-state index contributed by atoms with van der Waals surface area (Å²) in [5.74, 6) is -2.10. The van der Waals surface area contributed by atoms with Crippen molar-refractivity contribution in [2.45, 2.75) is 12.8 Å². The fourth-order valence-electron chi connectivity index (χ4n) is 1.84. The molecule has 0 fully saturated rings. The number of amides is 1. The molecule has 2 rings (SSSR count). The number of anilines is 1. The van der Waals surface area contributed by atoms with Crippen molar-refractivity contribution in [2.24, 2.45) is 0 Å². The Kier molecular flexibility index (Phi) is 2.60. The first kappa shape index (κ1) is 10.6. The summed E-state index contributed by atoms with van der Waals surface area (Å²) < 4.78 is 13.0. The number of carboxylic acid groups (broad SMARTS) is 1. The smallest absolute Gasteiger partial charge is 0.312 e. The van der Waals surface area contributed by atoms with Gasteiger partial charge in [0, 0.05) is 12.2 Å². The second-order valence-electron chi connectivity index (χ2n) is 3.64. The summed E-state index contributed by atoms with van der Waals surface area (Å²) >= 11 is 0. The Balaban J connectivity index is 2.25. The predicted octanol–water partition coefficient (Wildman–Crippen LogP) is 1.19. The Morgan fingerprint density at radius 1 is 1.44 bits per heavy atom. The number of hydrogen-bond acceptors (Lipinski definition) is 2. The average Bonchev–Trinajstić information content (AvgIpc) is 2.59. The summed E-state index contributed by atoms with van der Waals surface area (Å²) in [7, 11) is 0. The van der Waals surface area contributed by atoms with Gasteiger partial charge in [0.25, 0.3) is 0 Å². The quantitative estimate of drug-likeness (QED) is 0.766. The molecule has 0 aromatic heterocycles. The van der Waals surface area contributed by atoms with Gasteiger partial charge in [0.2, 0.25) is 5.91 Å². The van der Waals surface area contributed by atoms with E-state index in [4.69, 9.17) is 5.11 Å². The first-order valence-electron chi connectivity index (χ1n) is 4.88. The summed E-state index contributed by atoms with van der Waals surface area (Å²) in [6.45, 7) is 0.422. The highest BCUT2D eigenvalue weighted by Crippen LogP contribution is 2.29. The van der Waals surface area contributed by atoms with Crippen LogP contribution in [0.25, 0.3) is 0 Å². The SMILES string of the molecule is O=C(O)CC(=O)N1CCc2ccc(F)cc21. The molecule has 0 atom stereocenters. The molecule has 84 valence electrons. The van der Waals surface area contributed by atoms with Crippen LogP contribution >= 0.6 is 0 Å². The van der Waals surface area contributed by atoms with Gasteiger partial charge in [-0.05, 0) is 24.1 Å². The first-order chi connectivity index (χ1) is 7.58. The van der Waals surface area contributed by atoms with Gasteiger partial charge in [0.1, 0.15) is 12.2 Å². The maximum Gasteiger partial charge on any atom is 0.312 e. The molecule has 1 aromatic rings. The Hall–Kier alpha value is -1.91. The molecule has 0 spiro atoms. The lowest BCUT2D eigenvalue weighted by Crippen LogP contribution is -2.30. The maximum absolute atomic E-state index is 13.0. The summed E-state index contributed by atoms with van der Waals surface area (Å²) in [6.07, 6.45) is 0.0803. The molecule has 16 heavy (non-hydrogen) atoms. The Labute approximate surface area is 91.3 Å². The average molecular weight is 223 g/mol. The van der Waals surface area contributed by atoms with Gasteiger partial charge >= 0.3 is 5.97 Å². The molecule has 0 saturated heterocycles. The van der Waals surface area contributed by atoms with Crippen LogP contribution in [-0.4, -0.2) is 23.5 Å². The lowest BCUT2D eigenvalue weighted by molar-refractivity contribution is -0.140. The van der Waals surface area contributed by atoms with E-state index in [0.717, 1.165) is 5.56 Å². The monoisotopic (exact) mass is 223 g/mol. The van der Waals surface area contributed by atoms with Crippen LogP contribution in [0.2, 0.25) is 0 Å². The number of carbonyl (C=O) groups is 2. The number of benzene rings is 1. The zero-order chi connectivity index (χ0) is 11.7. The normalized spacial score (nSPS) is 13.7. The van der Waals surface area contributed by atoms with E-state index in [-0.39, 0.29) is 0 Å². The minimum absolute atomic E-state index is 0.422. The molecule has 1 aliphatic rings. The van der Waals surface area contributed by atoms with Crippen molar-refractivity contribution in [1.29, 1.82) is 0 Å². The van der Waals surface area contributed by atoms with Crippen LogP contribution in [-0.2, 0) is 16.0 Å². The van der Waals surface area contributed by atoms with E-state index in [9.17, 15) is 14.0 Å². The summed E-state index contributed by atoms with van der Waals surface area (Å²) in [5, 5.41) is 8.53. The van der Waals surface area contributed by atoms with Crippen molar-refractivity contribution in [3.63, 3.8) is 0 Å². The van der Waals surface area contributed by atoms with Crippen molar-refractivity contribution < 1.29 is 19.1 Å². The van der Waals surface area contributed by atoms with Crippen LogP contribution in [0.5, 0.6) is 0 Å². The van der Waals surface area contributed by atoms with Gasteiger partial charge in [-0.25, -0.2) is 4.39 Å². The first-order valence-corrected chi connectivity index (χ1v) is 4.88. The van der Waals surface area contributed by atoms with E-state index in [1.807, 2.05) is 0 Å². The van der Waals surface area contributed by atoms with Crippen molar-refractivity contribution in [3.05, 3.63) is 29.6 Å². The van der Waals surface area contributed by atoms with Gasteiger partial charge in [0.05, 0.1) is 0 Å². The second kappa shape index (κ2) is 3.92. The van der Waals surface area contributed by atoms with E-state index in [1.165, 1.54) is 17.0 Å². The molecule has 1 N–H and O–H groups in total. The Morgan fingerprint density at radius 2 is 2.19 bits per heavy atom. The van der Waals surface area contributed by atoms with Crippen LogP contribution < -0.4 is 4.90 Å². The van der Waals surface area contributed by atoms with Crippen LogP contribution in [0.15, 0.2) is 18.2 Å². The number of halogens is 1. The lowest BCUT2D eigenvalue weighted by atomic mass is 10.2. The van der Waals surface area contributed by atoms with Gasteiger partial charge in [0.15, 0.2) is 0 Å². The third kappa shape index (κ3) is 1.88. The molecular formula is C11H10FNO3. The standard InChI is InChI=1S/C11H10FNO3/c12-8-2-1-7-3-4-13(9(7)5-8)10(14)6-11(15)16/h1-2,5H,3-4,6H2,(H,15,16). The molecule has 4 nitrogen and oxygen atoms in total. The highest BCUT2D eigenvalue weighted by molar-refractivity contribution is 6.04. The number of rotatable bonds is 2. The number of fused-ring (bicyclic) bond motifs is 1. The highest BCUT2D eigenvalue weighted by atomic mass is 19.1. The van der Waals surface area contributed by atoms with Gasteiger partial charge in [-0.3, -0.25) is 9.59 Å². The molecule has 5 heteroatoms. The van der Waals surface area contributed by atoms with E-state index in [2.05, 4.69) is 0 Å². The summed E-state index contributed by atoms with van der Waals surface area (Å²) in [5.41, 5.74) is 1.37. The number of hydrogen-bond donors (Lipinski definition) is 1. The molecule has 1 heterocycles. The molecule has 1 amide bonds. The Bertz CT molecular complexity index is 459.